The normalized spacial score (nSPS) is 18.8. The van der Waals surface area contributed by atoms with E-state index in [1.807, 2.05) is 41.6 Å². The summed E-state index contributed by atoms with van der Waals surface area (Å²) in [5.74, 6) is 0.793. The first-order valence-corrected chi connectivity index (χ1v) is 7.83. The molecule has 2 aromatic rings. The van der Waals surface area contributed by atoms with E-state index in [2.05, 4.69) is 9.97 Å². The SMILES string of the molecule is Cc1cc([C@H]2CN(C(=O)c3ccsc3)CCO2)nc(C)n1. The van der Waals surface area contributed by atoms with Crippen molar-refractivity contribution in [3.8, 4) is 0 Å². The fraction of sp³-hybridized carbons (Fsp3) is 0.400. The molecule has 1 atom stereocenters. The number of thiophene rings is 1. The lowest BCUT2D eigenvalue weighted by Gasteiger charge is -2.32. The van der Waals surface area contributed by atoms with Crippen LogP contribution in [-0.2, 0) is 4.74 Å². The van der Waals surface area contributed by atoms with E-state index in [-0.39, 0.29) is 12.0 Å². The molecule has 3 rings (SSSR count). The van der Waals surface area contributed by atoms with Crippen LogP contribution in [0.1, 0.15) is 33.7 Å². The average molecular weight is 303 g/mol. The summed E-state index contributed by atoms with van der Waals surface area (Å²) >= 11 is 1.53. The average Bonchev–Trinajstić information content (AvgIpc) is 3.00. The van der Waals surface area contributed by atoms with E-state index in [0.717, 1.165) is 22.8 Å². The van der Waals surface area contributed by atoms with Gasteiger partial charge in [0.05, 0.1) is 24.4 Å². The zero-order valence-electron chi connectivity index (χ0n) is 12.1. The summed E-state index contributed by atoms with van der Waals surface area (Å²) in [7, 11) is 0. The summed E-state index contributed by atoms with van der Waals surface area (Å²) in [5.41, 5.74) is 2.51. The minimum atomic E-state index is -0.179. The van der Waals surface area contributed by atoms with Gasteiger partial charge in [-0.2, -0.15) is 11.3 Å². The van der Waals surface area contributed by atoms with Gasteiger partial charge in [0.2, 0.25) is 0 Å². The van der Waals surface area contributed by atoms with Gasteiger partial charge in [-0.25, -0.2) is 9.97 Å². The molecule has 0 spiro atoms. The van der Waals surface area contributed by atoms with Gasteiger partial charge in [-0.3, -0.25) is 4.79 Å². The van der Waals surface area contributed by atoms with Crippen LogP contribution in [0.25, 0.3) is 0 Å². The first-order chi connectivity index (χ1) is 10.1. The molecule has 3 heterocycles. The molecule has 1 saturated heterocycles. The van der Waals surface area contributed by atoms with Crippen LogP contribution >= 0.6 is 11.3 Å². The van der Waals surface area contributed by atoms with Crippen molar-refractivity contribution in [2.75, 3.05) is 19.7 Å². The van der Waals surface area contributed by atoms with Crippen LogP contribution in [0.4, 0.5) is 0 Å². The van der Waals surface area contributed by atoms with E-state index in [4.69, 9.17) is 4.74 Å². The molecule has 0 unspecified atom stereocenters. The Morgan fingerprint density at radius 3 is 3.00 bits per heavy atom. The first kappa shape index (κ1) is 14.2. The number of hydrogen-bond donors (Lipinski definition) is 0. The van der Waals surface area contributed by atoms with Crippen molar-refractivity contribution < 1.29 is 9.53 Å². The molecule has 6 heteroatoms. The number of ether oxygens (including phenoxy) is 1. The van der Waals surface area contributed by atoms with Crippen LogP contribution in [0.5, 0.6) is 0 Å². The number of amides is 1. The van der Waals surface area contributed by atoms with Gasteiger partial charge in [-0.05, 0) is 31.4 Å². The maximum absolute atomic E-state index is 12.4. The lowest BCUT2D eigenvalue weighted by Crippen LogP contribution is -2.42. The highest BCUT2D eigenvalue weighted by Crippen LogP contribution is 2.23. The van der Waals surface area contributed by atoms with Crippen molar-refractivity contribution >= 4 is 17.2 Å². The molecule has 0 N–H and O–H groups in total. The van der Waals surface area contributed by atoms with Gasteiger partial charge < -0.3 is 9.64 Å². The summed E-state index contributed by atoms with van der Waals surface area (Å²) < 4.78 is 5.79. The number of nitrogens with zero attached hydrogens (tertiary/aromatic N) is 3. The molecule has 2 aromatic heterocycles. The number of morpholine rings is 1. The van der Waals surface area contributed by atoms with Gasteiger partial charge in [-0.1, -0.05) is 0 Å². The minimum Gasteiger partial charge on any atom is -0.368 e. The topological polar surface area (TPSA) is 55.3 Å². The highest BCUT2D eigenvalue weighted by molar-refractivity contribution is 7.08. The number of rotatable bonds is 2. The van der Waals surface area contributed by atoms with Crippen molar-refractivity contribution in [2.24, 2.45) is 0 Å². The summed E-state index contributed by atoms with van der Waals surface area (Å²) in [4.78, 5) is 23.0. The highest BCUT2D eigenvalue weighted by Gasteiger charge is 2.27. The van der Waals surface area contributed by atoms with E-state index in [0.29, 0.717) is 19.7 Å². The van der Waals surface area contributed by atoms with Gasteiger partial charge in [-0.15, -0.1) is 0 Å². The zero-order chi connectivity index (χ0) is 14.8. The monoisotopic (exact) mass is 303 g/mol. The smallest absolute Gasteiger partial charge is 0.254 e. The third-order valence-corrected chi connectivity index (χ3v) is 4.12. The quantitative estimate of drug-likeness (QED) is 0.854. The van der Waals surface area contributed by atoms with E-state index in [1.165, 1.54) is 11.3 Å². The van der Waals surface area contributed by atoms with Gasteiger partial charge >= 0.3 is 0 Å². The van der Waals surface area contributed by atoms with Crippen LogP contribution in [0.3, 0.4) is 0 Å². The van der Waals surface area contributed by atoms with Crippen molar-refractivity contribution in [1.82, 2.24) is 14.9 Å². The van der Waals surface area contributed by atoms with Crippen molar-refractivity contribution in [3.05, 3.63) is 45.7 Å². The Kier molecular flexibility index (Phi) is 3.98. The van der Waals surface area contributed by atoms with Crippen molar-refractivity contribution in [2.45, 2.75) is 20.0 Å². The fourth-order valence-corrected chi connectivity index (χ4v) is 3.12. The molecule has 1 aliphatic heterocycles. The second-order valence-corrected chi connectivity index (χ2v) is 5.88. The molecule has 1 aliphatic rings. The summed E-state index contributed by atoms with van der Waals surface area (Å²) in [5, 5.41) is 3.80. The number of hydrogen-bond acceptors (Lipinski definition) is 5. The summed E-state index contributed by atoms with van der Waals surface area (Å²) in [6.07, 6.45) is -0.179. The van der Waals surface area contributed by atoms with E-state index < -0.39 is 0 Å². The summed E-state index contributed by atoms with van der Waals surface area (Å²) in [6.45, 7) is 5.49. The molecular formula is C15H17N3O2S. The Labute approximate surface area is 127 Å². The Balaban J connectivity index is 1.78. The molecule has 5 nitrogen and oxygen atoms in total. The van der Waals surface area contributed by atoms with Gasteiger partial charge in [0.15, 0.2) is 0 Å². The van der Waals surface area contributed by atoms with Gasteiger partial charge in [0, 0.05) is 17.6 Å². The molecule has 0 radical (unpaired) electrons. The molecule has 0 saturated carbocycles. The van der Waals surface area contributed by atoms with Gasteiger partial charge in [0.1, 0.15) is 11.9 Å². The van der Waals surface area contributed by atoms with Crippen LogP contribution < -0.4 is 0 Å². The molecule has 0 bridgehead atoms. The second-order valence-electron chi connectivity index (χ2n) is 5.10. The Morgan fingerprint density at radius 1 is 1.43 bits per heavy atom. The number of aryl methyl sites for hydroxylation is 2. The standard InChI is InChI=1S/C15H17N3O2S/c1-10-7-13(17-11(2)16-10)14-8-18(4-5-20-14)15(19)12-3-6-21-9-12/h3,6-7,9,14H,4-5,8H2,1-2H3/t14-/m1/s1. The lowest BCUT2D eigenvalue weighted by atomic mass is 10.1. The fourth-order valence-electron chi connectivity index (χ4n) is 2.49. The third kappa shape index (κ3) is 3.11. The zero-order valence-corrected chi connectivity index (χ0v) is 12.9. The van der Waals surface area contributed by atoms with Crippen LogP contribution in [0.2, 0.25) is 0 Å². The Hall–Kier alpha value is -1.79. The Morgan fingerprint density at radius 2 is 2.29 bits per heavy atom. The molecular weight excluding hydrogens is 286 g/mol. The van der Waals surface area contributed by atoms with Crippen LogP contribution in [-0.4, -0.2) is 40.5 Å². The van der Waals surface area contributed by atoms with Crippen LogP contribution in [0.15, 0.2) is 22.9 Å². The number of carbonyl (C=O) groups is 1. The Bertz CT molecular complexity index is 622. The summed E-state index contributed by atoms with van der Waals surface area (Å²) in [6, 6.07) is 3.78. The van der Waals surface area contributed by atoms with Gasteiger partial charge in [0.25, 0.3) is 5.91 Å². The second kappa shape index (κ2) is 5.91. The van der Waals surface area contributed by atoms with E-state index >= 15 is 0 Å². The van der Waals surface area contributed by atoms with Crippen molar-refractivity contribution in [3.63, 3.8) is 0 Å². The molecule has 1 amide bonds. The first-order valence-electron chi connectivity index (χ1n) is 6.89. The predicted octanol–water partition coefficient (Wildman–Crippen LogP) is 2.37. The largest absolute Gasteiger partial charge is 0.368 e. The maximum Gasteiger partial charge on any atom is 0.254 e. The highest BCUT2D eigenvalue weighted by atomic mass is 32.1. The van der Waals surface area contributed by atoms with E-state index in [9.17, 15) is 4.79 Å². The molecule has 21 heavy (non-hydrogen) atoms. The minimum absolute atomic E-state index is 0.0621. The van der Waals surface area contributed by atoms with Crippen LogP contribution in [0, 0.1) is 13.8 Å². The van der Waals surface area contributed by atoms with Crippen molar-refractivity contribution in [1.29, 1.82) is 0 Å². The molecule has 0 aromatic carbocycles. The number of aromatic nitrogens is 2. The van der Waals surface area contributed by atoms with E-state index in [1.54, 1.807) is 0 Å². The number of carbonyl (C=O) groups excluding carboxylic acids is 1. The molecule has 110 valence electrons. The third-order valence-electron chi connectivity index (χ3n) is 3.44. The molecule has 0 aliphatic carbocycles. The predicted molar refractivity (Wildman–Crippen MR) is 80.4 cm³/mol. The maximum atomic E-state index is 12.4. The lowest BCUT2D eigenvalue weighted by molar-refractivity contribution is -0.0248. The molecule has 1 fully saturated rings.